The van der Waals surface area contributed by atoms with Gasteiger partial charge in [-0.25, -0.2) is 5.10 Å². The Bertz CT molecular complexity index is 181. The molecule has 0 aliphatic carbocycles. The Morgan fingerprint density at radius 1 is 1.30 bits per heavy atom. The maximum atomic E-state index is 11.4. The van der Waals surface area contributed by atoms with Crippen molar-refractivity contribution >= 4 is 0 Å². The summed E-state index contributed by atoms with van der Waals surface area (Å²) in [5.41, 5.74) is 0. The van der Waals surface area contributed by atoms with Gasteiger partial charge in [0, 0.05) is 0 Å². The van der Waals surface area contributed by atoms with Crippen LogP contribution in [0.4, 0.5) is 13.2 Å². The second-order valence-electron chi connectivity index (χ2n) is 1.20. The zero-order valence-electron chi connectivity index (χ0n) is 4.92. The predicted octanol–water partition coefficient (Wildman–Crippen LogP) is -3.15. The molecular weight excluding hydrogens is 160 g/mol. The molecule has 50 valence electrons. The molecule has 0 aliphatic heterocycles. The van der Waals surface area contributed by atoms with Crippen LogP contribution in [0.25, 0.3) is 0 Å². The van der Waals surface area contributed by atoms with Crippen molar-refractivity contribution in [1.82, 2.24) is 20.6 Å². The SMILES string of the molecule is FC(F)(F)c1nn[n-]n1.[Na+]. The maximum absolute atomic E-state index is 11.4. The van der Waals surface area contributed by atoms with Gasteiger partial charge in [-0.15, -0.1) is 0 Å². The van der Waals surface area contributed by atoms with Crippen LogP contribution in [-0.4, -0.2) is 15.4 Å². The Morgan fingerprint density at radius 3 is 2.10 bits per heavy atom. The molecule has 0 fully saturated rings. The molecule has 0 amide bonds. The van der Waals surface area contributed by atoms with Crippen LogP contribution in [0.3, 0.4) is 0 Å². The van der Waals surface area contributed by atoms with Crippen LogP contribution < -0.4 is 34.8 Å². The summed E-state index contributed by atoms with van der Waals surface area (Å²) in [7, 11) is 0. The van der Waals surface area contributed by atoms with E-state index in [-0.39, 0.29) is 29.6 Å². The van der Waals surface area contributed by atoms with Gasteiger partial charge in [0.25, 0.3) is 0 Å². The number of rotatable bonds is 0. The smallest absolute Gasteiger partial charge is 0.327 e. The number of aromatic nitrogens is 4. The third-order valence-corrected chi connectivity index (χ3v) is 0.572. The van der Waals surface area contributed by atoms with Gasteiger partial charge in [0.05, 0.1) is 0 Å². The van der Waals surface area contributed by atoms with Gasteiger partial charge in [-0.2, -0.15) is 13.2 Å². The molecule has 10 heavy (non-hydrogen) atoms. The van der Waals surface area contributed by atoms with Gasteiger partial charge in [0.15, 0.2) is 0 Å². The Labute approximate surface area is 75.5 Å². The van der Waals surface area contributed by atoms with Crippen molar-refractivity contribution < 1.29 is 42.7 Å². The van der Waals surface area contributed by atoms with E-state index in [2.05, 4.69) is 20.6 Å². The third kappa shape index (κ3) is 2.24. The van der Waals surface area contributed by atoms with Crippen molar-refractivity contribution in [2.75, 3.05) is 0 Å². The van der Waals surface area contributed by atoms with Crippen molar-refractivity contribution in [2.24, 2.45) is 0 Å². The van der Waals surface area contributed by atoms with Crippen LogP contribution in [0, 0.1) is 0 Å². The Morgan fingerprint density at radius 2 is 1.90 bits per heavy atom. The van der Waals surface area contributed by atoms with E-state index < -0.39 is 12.0 Å². The van der Waals surface area contributed by atoms with Gasteiger partial charge < -0.3 is 5.10 Å². The molecule has 0 spiro atoms. The zero-order valence-corrected chi connectivity index (χ0v) is 6.92. The third-order valence-electron chi connectivity index (χ3n) is 0.572. The number of hydrogen-bond acceptors (Lipinski definition) is 3. The van der Waals surface area contributed by atoms with Gasteiger partial charge in [0.1, 0.15) is 5.82 Å². The minimum atomic E-state index is -4.52. The van der Waals surface area contributed by atoms with E-state index in [1.807, 2.05) is 0 Å². The molecule has 0 N–H and O–H groups in total. The standard InChI is InChI=1S/C2F3N4.Na/c3-2(4,5)1-6-8-9-7-1;/q-1;+1. The molecule has 0 aliphatic rings. The van der Waals surface area contributed by atoms with Gasteiger partial charge in [-0.1, -0.05) is 0 Å². The topological polar surface area (TPSA) is 52.8 Å². The van der Waals surface area contributed by atoms with Crippen LogP contribution >= 0.6 is 0 Å². The summed E-state index contributed by atoms with van der Waals surface area (Å²) in [5.74, 6) is -1.30. The minimum Gasteiger partial charge on any atom is -0.327 e. The largest absolute Gasteiger partial charge is 1.00 e. The first-order chi connectivity index (χ1) is 4.11. The summed E-state index contributed by atoms with van der Waals surface area (Å²) >= 11 is 0. The fraction of sp³-hybridized carbons (Fsp3) is 0.500. The van der Waals surface area contributed by atoms with Gasteiger partial charge in [0.2, 0.25) is 0 Å². The number of nitrogens with zero attached hydrogens (tertiary/aromatic N) is 4. The normalized spacial score (nSPS) is 10.7. The van der Waals surface area contributed by atoms with Gasteiger partial charge in [-0.3, -0.25) is 10.4 Å². The number of alkyl halides is 3. The van der Waals surface area contributed by atoms with E-state index in [1.54, 1.807) is 0 Å². The molecule has 0 atom stereocenters. The molecule has 0 radical (unpaired) electrons. The molecule has 0 saturated carbocycles. The molecule has 1 aromatic rings. The summed E-state index contributed by atoms with van der Waals surface area (Å²) in [4.78, 5) is 0. The van der Waals surface area contributed by atoms with E-state index in [0.717, 1.165) is 0 Å². The minimum absolute atomic E-state index is 0. The molecule has 4 nitrogen and oxygen atoms in total. The first kappa shape index (κ1) is 9.86. The van der Waals surface area contributed by atoms with E-state index in [4.69, 9.17) is 0 Å². The molecule has 0 unspecified atom stereocenters. The van der Waals surface area contributed by atoms with Gasteiger partial charge in [-0.05, 0) is 0 Å². The fourth-order valence-corrected chi connectivity index (χ4v) is 0.258. The Kier molecular flexibility index (Phi) is 3.26. The molecule has 8 heteroatoms. The predicted molar refractivity (Wildman–Crippen MR) is 18.1 cm³/mol. The van der Waals surface area contributed by atoms with Crippen molar-refractivity contribution in [3.63, 3.8) is 0 Å². The van der Waals surface area contributed by atoms with Crippen LogP contribution in [-0.2, 0) is 6.18 Å². The first-order valence-corrected chi connectivity index (χ1v) is 1.86. The summed E-state index contributed by atoms with van der Waals surface area (Å²) in [6.45, 7) is 0. The quantitative estimate of drug-likeness (QED) is 0.376. The van der Waals surface area contributed by atoms with Crippen molar-refractivity contribution in [2.45, 2.75) is 6.18 Å². The zero-order chi connectivity index (χ0) is 6.91. The summed E-state index contributed by atoms with van der Waals surface area (Å²) in [6.07, 6.45) is -4.52. The number of hydrogen-bond donors (Lipinski definition) is 0. The molecule has 0 aromatic carbocycles. The van der Waals surface area contributed by atoms with E-state index in [0.29, 0.717) is 0 Å². The number of tetrazole rings is 1. The van der Waals surface area contributed by atoms with Crippen LogP contribution in [0.15, 0.2) is 0 Å². The molecule has 1 rings (SSSR count). The number of halogens is 3. The first-order valence-electron chi connectivity index (χ1n) is 1.86. The summed E-state index contributed by atoms with van der Waals surface area (Å²) in [5, 5.41) is 10.5. The van der Waals surface area contributed by atoms with Crippen LogP contribution in [0.5, 0.6) is 0 Å². The average molecular weight is 160 g/mol. The Balaban J connectivity index is 0.000000810. The molecule has 1 heterocycles. The van der Waals surface area contributed by atoms with Crippen molar-refractivity contribution in [3.05, 3.63) is 5.82 Å². The second-order valence-corrected chi connectivity index (χ2v) is 1.20. The van der Waals surface area contributed by atoms with E-state index in [1.165, 1.54) is 0 Å². The molecular formula is C2F3N4Na. The van der Waals surface area contributed by atoms with Gasteiger partial charge >= 0.3 is 35.7 Å². The maximum Gasteiger partial charge on any atom is 1.00 e. The van der Waals surface area contributed by atoms with Crippen LogP contribution in [0.1, 0.15) is 5.82 Å². The molecule has 0 bridgehead atoms. The molecule has 0 saturated heterocycles. The molecule has 1 aromatic heterocycles. The van der Waals surface area contributed by atoms with E-state index >= 15 is 0 Å². The van der Waals surface area contributed by atoms with Crippen LogP contribution in [0.2, 0.25) is 0 Å². The Hall–Kier alpha value is -0.140. The fourth-order valence-electron chi connectivity index (χ4n) is 0.258. The van der Waals surface area contributed by atoms with Crippen molar-refractivity contribution in [1.29, 1.82) is 0 Å². The average Bonchev–Trinajstić information content (AvgIpc) is 2.08. The summed E-state index contributed by atoms with van der Waals surface area (Å²) < 4.78 is 34.2. The monoisotopic (exact) mass is 160 g/mol. The second kappa shape index (κ2) is 3.31. The van der Waals surface area contributed by atoms with Crippen molar-refractivity contribution in [3.8, 4) is 0 Å². The summed E-state index contributed by atoms with van der Waals surface area (Å²) in [6, 6.07) is 0. The van der Waals surface area contributed by atoms with E-state index in [9.17, 15) is 13.2 Å².